The predicted octanol–water partition coefficient (Wildman–Crippen LogP) is 3.57. The summed E-state index contributed by atoms with van der Waals surface area (Å²) in [7, 11) is 2.18. The van der Waals surface area contributed by atoms with Crippen LogP contribution >= 0.6 is 11.3 Å². The summed E-state index contributed by atoms with van der Waals surface area (Å²) < 4.78 is 5.88. The van der Waals surface area contributed by atoms with Crippen molar-refractivity contribution in [2.45, 2.75) is 25.4 Å². The molecule has 6 nitrogen and oxygen atoms in total. The molecule has 0 bridgehead atoms. The van der Waals surface area contributed by atoms with Crippen LogP contribution < -0.4 is 10.5 Å². The third kappa shape index (κ3) is 4.26. The van der Waals surface area contributed by atoms with E-state index in [0.717, 1.165) is 29.1 Å². The van der Waals surface area contributed by atoms with Gasteiger partial charge in [-0.25, -0.2) is 9.97 Å². The molecule has 1 fully saturated rings. The molecule has 0 aromatic carbocycles. The SMILES string of the molecule is CN1CCC(c2ncc(-c3cnc(N)c(OCc4ccncc4)c3)s2)CC1. The van der Waals surface area contributed by atoms with Crippen LogP contribution in [0.15, 0.2) is 43.0 Å². The van der Waals surface area contributed by atoms with Crippen molar-refractivity contribution >= 4 is 17.2 Å². The third-order valence-electron chi connectivity index (χ3n) is 4.90. The van der Waals surface area contributed by atoms with E-state index < -0.39 is 0 Å². The molecule has 140 valence electrons. The van der Waals surface area contributed by atoms with Crippen molar-refractivity contribution < 1.29 is 4.74 Å². The van der Waals surface area contributed by atoms with E-state index >= 15 is 0 Å². The summed E-state index contributed by atoms with van der Waals surface area (Å²) in [6.07, 6.45) is 9.57. The molecule has 7 heteroatoms. The number of aromatic nitrogens is 3. The van der Waals surface area contributed by atoms with Crippen molar-refractivity contribution in [3.8, 4) is 16.2 Å². The molecule has 4 heterocycles. The molecule has 3 aromatic rings. The first-order valence-corrected chi connectivity index (χ1v) is 9.92. The van der Waals surface area contributed by atoms with E-state index in [9.17, 15) is 0 Å². The Balaban J connectivity index is 1.49. The number of nitrogens with two attached hydrogens (primary N) is 1. The van der Waals surface area contributed by atoms with Gasteiger partial charge in [-0.1, -0.05) is 0 Å². The van der Waals surface area contributed by atoms with Gasteiger partial charge in [0.15, 0.2) is 11.6 Å². The van der Waals surface area contributed by atoms with E-state index in [1.165, 1.54) is 17.8 Å². The fourth-order valence-corrected chi connectivity index (χ4v) is 4.28. The van der Waals surface area contributed by atoms with Crippen molar-refractivity contribution in [1.29, 1.82) is 0 Å². The lowest BCUT2D eigenvalue weighted by Crippen LogP contribution is -2.29. The number of piperidine rings is 1. The van der Waals surface area contributed by atoms with Gasteiger partial charge in [0.2, 0.25) is 0 Å². The molecule has 4 rings (SSSR count). The van der Waals surface area contributed by atoms with Crippen LogP contribution in [0.5, 0.6) is 5.75 Å². The Morgan fingerprint density at radius 2 is 1.96 bits per heavy atom. The number of hydrogen-bond donors (Lipinski definition) is 1. The number of rotatable bonds is 5. The molecular weight excluding hydrogens is 358 g/mol. The van der Waals surface area contributed by atoms with Crippen LogP contribution in [0.25, 0.3) is 10.4 Å². The van der Waals surface area contributed by atoms with Crippen LogP contribution in [0.1, 0.15) is 29.3 Å². The zero-order valence-electron chi connectivity index (χ0n) is 15.3. The predicted molar refractivity (Wildman–Crippen MR) is 108 cm³/mol. The van der Waals surface area contributed by atoms with Crippen LogP contribution in [0.2, 0.25) is 0 Å². The zero-order valence-corrected chi connectivity index (χ0v) is 16.2. The summed E-state index contributed by atoms with van der Waals surface area (Å²) in [4.78, 5) is 16.5. The Morgan fingerprint density at radius 3 is 2.74 bits per heavy atom. The van der Waals surface area contributed by atoms with E-state index in [1.54, 1.807) is 29.9 Å². The van der Waals surface area contributed by atoms with Gasteiger partial charge in [0.1, 0.15) is 6.61 Å². The van der Waals surface area contributed by atoms with Gasteiger partial charge in [0.25, 0.3) is 0 Å². The van der Waals surface area contributed by atoms with E-state index in [2.05, 4.69) is 26.9 Å². The molecular formula is C20H23N5OS. The largest absolute Gasteiger partial charge is 0.485 e. The minimum absolute atomic E-state index is 0.396. The highest BCUT2D eigenvalue weighted by Gasteiger charge is 2.21. The van der Waals surface area contributed by atoms with Crippen molar-refractivity contribution in [2.75, 3.05) is 25.9 Å². The van der Waals surface area contributed by atoms with Crippen molar-refractivity contribution in [1.82, 2.24) is 19.9 Å². The summed E-state index contributed by atoms with van der Waals surface area (Å²) in [5, 5.41) is 1.22. The summed E-state index contributed by atoms with van der Waals surface area (Å²) >= 11 is 1.75. The monoisotopic (exact) mass is 381 g/mol. The summed E-state index contributed by atoms with van der Waals surface area (Å²) in [5.74, 6) is 1.55. The highest BCUT2D eigenvalue weighted by molar-refractivity contribution is 7.15. The van der Waals surface area contributed by atoms with Gasteiger partial charge in [-0.2, -0.15) is 0 Å². The topological polar surface area (TPSA) is 77.2 Å². The first-order chi connectivity index (χ1) is 13.2. The molecule has 3 aromatic heterocycles. The molecule has 2 N–H and O–H groups in total. The minimum atomic E-state index is 0.396. The fourth-order valence-electron chi connectivity index (χ4n) is 3.21. The van der Waals surface area contributed by atoms with Crippen LogP contribution in [-0.2, 0) is 6.61 Å². The number of hydrogen-bond acceptors (Lipinski definition) is 7. The van der Waals surface area contributed by atoms with Crippen molar-refractivity contribution in [3.05, 3.63) is 53.6 Å². The Hall–Kier alpha value is -2.51. The number of nitrogen functional groups attached to an aromatic ring is 1. The molecule has 0 amide bonds. The smallest absolute Gasteiger partial charge is 0.166 e. The number of anilines is 1. The number of nitrogens with zero attached hydrogens (tertiary/aromatic N) is 4. The Kier molecular flexibility index (Phi) is 5.31. The van der Waals surface area contributed by atoms with E-state index in [4.69, 9.17) is 10.5 Å². The molecule has 0 atom stereocenters. The molecule has 1 saturated heterocycles. The quantitative estimate of drug-likeness (QED) is 0.728. The molecule has 0 saturated carbocycles. The third-order valence-corrected chi connectivity index (χ3v) is 6.11. The molecule has 0 radical (unpaired) electrons. The van der Waals surface area contributed by atoms with Crippen LogP contribution in [0, 0.1) is 0 Å². The second-order valence-electron chi connectivity index (χ2n) is 6.89. The highest BCUT2D eigenvalue weighted by Crippen LogP contribution is 2.36. The number of thiazole rings is 1. The number of likely N-dealkylation sites (tertiary alicyclic amines) is 1. The first-order valence-electron chi connectivity index (χ1n) is 9.11. The molecule has 1 aliphatic rings. The lowest BCUT2D eigenvalue weighted by Gasteiger charge is -2.27. The zero-order chi connectivity index (χ0) is 18.6. The average molecular weight is 382 g/mol. The van der Waals surface area contributed by atoms with Gasteiger partial charge in [0.05, 0.1) is 9.88 Å². The van der Waals surface area contributed by atoms with Gasteiger partial charge in [-0.15, -0.1) is 11.3 Å². The molecule has 0 aliphatic carbocycles. The maximum absolute atomic E-state index is 6.00. The van der Waals surface area contributed by atoms with Crippen LogP contribution in [0.4, 0.5) is 5.82 Å². The summed E-state index contributed by atoms with van der Waals surface area (Å²) in [5.41, 5.74) is 8.03. The molecule has 1 aliphatic heterocycles. The van der Waals surface area contributed by atoms with Gasteiger partial charge in [-0.05, 0) is 56.7 Å². The lowest BCUT2D eigenvalue weighted by atomic mass is 9.98. The maximum atomic E-state index is 6.00. The average Bonchev–Trinajstić information content (AvgIpc) is 3.19. The second kappa shape index (κ2) is 8.02. The highest BCUT2D eigenvalue weighted by atomic mass is 32.1. The van der Waals surface area contributed by atoms with E-state index in [-0.39, 0.29) is 0 Å². The fraction of sp³-hybridized carbons (Fsp3) is 0.350. The standard InChI is InChI=1S/C20H23N5OS/c1-25-8-4-15(5-9-25)20-24-12-18(27-20)16-10-17(19(21)23-11-16)26-13-14-2-6-22-7-3-14/h2-3,6-7,10-12,15H,4-5,8-9,13H2,1H3,(H2,21,23). The maximum Gasteiger partial charge on any atom is 0.166 e. The summed E-state index contributed by atoms with van der Waals surface area (Å²) in [6, 6.07) is 5.80. The first kappa shape index (κ1) is 17.9. The molecule has 27 heavy (non-hydrogen) atoms. The van der Waals surface area contributed by atoms with E-state index in [1.807, 2.05) is 24.4 Å². The Labute approximate surface area is 163 Å². The van der Waals surface area contributed by atoms with Crippen molar-refractivity contribution in [2.24, 2.45) is 0 Å². The van der Waals surface area contributed by atoms with Gasteiger partial charge in [0, 0.05) is 36.3 Å². The van der Waals surface area contributed by atoms with Gasteiger partial charge in [-0.3, -0.25) is 4.98 Å². The minimum Gasteiger partial charge on any atom is -0.485 e. The molecule has 0 spiro atoms. The number of ether oxygens (including phenoxy) is 1. The Morgan fingerprint density at radius 1 is 1.19 bits per heavy atom. The van der Waals surface area contributed by atoms with Gasteiger partial charge < -0.3 is 15.4 Å². The number of pyridine rings is 2. The van der Waals surface area contributed by atoms with E-state index in [0.29, 0.717) is 24.1 Å². The van der Waals surface area contributed by atoms with Crippen LogP contribution in [-0.4, -0.2) is 40.0 Å². The normalized spacial score (nSPS) is 15.7. The van der Waals surface area contributed by atoms with Gasteiger partial charge >= 0.3 is 0 Å². The lowest BCUT2D eigenvalue weighted by molar-refractivity contribution is 0.255. The van der Waals surface area contributed by atoms with Crippen molar-refractivity contribution in [3.63, 3.8) is 0 Å². The molecule has 0 unspecified atom stereocenters. The summed E-state index contributed by atoms with van der Waals surface area (Å²) in [6.45, 7) is 2.70. The Bertz CT molecular complexity index is 890. The van der Waals surface area contributed by atoms with Crippen LogP contribution in [0.3, 0.4) is 0 Å². The second-order valence-corrected chi connectivity index (χ2v) is 7.95.